The van der Waals surface area contributed by atoms with Crippen LogP contribution in [0.4, 0.5) is 0 Å². The minimum Gasteiger partial charge on any atom is -0.547 e. The number of rotatable bonds is 10. The van der Waals surface area contributed by atoms with E-state index in [1.807, 2.05) is 0 Å². The third-order valence-electron chi connectivity index (χ3n) is 11.3. The first-order valence-electron chi connectivity index (χ1n) is 17.3. The molecule has 4 fully saturated rings. The van der Waals surface area contributed by atoms with Crippen LogP contribution < -0.4 is 4.43 Å². The Bertz CT molecular complexity index is 1260. The summed E-state index contributed by atoms with van der Waals surface area (Å²) in [7, 11) is -3.16. The van der Waals surface area contributed by atoms with Gasteiger partial charge in [-0.25, -0.2) is 0 Å². The summed E-state index contributed by atoms with van der Waals surface area (Å²) in [6, 6.07) is 15.8. The summed E-state index contributed by atoms with van der Waals surface area (Å²) in [6.07, 6.45) is 13.0. The molecular formula is C39H60O2Si2. The normalized spacial score (nSPS) is 25.9. The number of aryl methyl sites for hydroxylation is 1. The molecule has 2 nitrogen and oxygen atoms in total. The predicted molar refractivity (Wildman–Crippen MR) is 190 cm³/mol. The quantitative estimate of drug-likeness (QED) is 0.247. The fourth-order valence-corrected chi connectivity index (χ4v) is 10.2. The van der Waals surface area contributed by atoms with Gasteiger partial charge >= 0.3 is 0 Å². The van der Waals surface area contributed by atoms with Crippen LogP contribution in [-0.4, -0.2) is 24.0 Å². The molecule has 0 amide bonds. The van der Waals surface area contributed by atoms with Gasteiger partial charge in [0, 0.05) is 11.0 Å². The van der Waals surface area contributed by atoms with Crippen LogP contribution >= 0.6 is 0 Å². The SMILES string of the molecule is C[SiH](C)Oc1c(CC/C=C(/CO[Si](C)(C)C(C)(C)C)c2ccccc2)ccc(C(C)(C)C)c1C12CC3CC(CC(C3)C1)C2. The van der Waals surface area contributed by atoms with Crippen molar-refractivity contribution in [2.75, 3.05) is 6.61 Å². The highest BCUT2D eigenvalue weighted by molar-refractivity contribution is 6.74. The van der Waals surface area contributed by atoms with E-state index in [4.69, 9.17) is 8.85 Å². The Kier molecular flexibility index (Phi) is 9.36. The second-order valence-electron chi connectivity index (χ2n) is 17.3. The van der Waals surface area contributed by atoms with Crippen molar-refractivity contribution in [3.05, 3.63) is 70.8 Å². The molecular weight excluding hydrogens is 557 g/mol. The zero-order chi connectivity index (χ0) is 31.2. The first kappa shape index (κ1) is 32.8. The molecule has 4 aliphatic rings. The fraction of sp³-hybridized carbons (Fsp3) is 0.641. The molecule has 236 valence electrons. The zero-order valence-corrected chi connectivity index (χ0v) is 31.3. The van der Waals surface area contributed by atoms with E-state index >= 15 is 0 Å². The third kappa shape index (κ3) is 7.12. The molecule has 0 saturated heterocycles. The molecule has 0 aliphatic heterocycles. The van der Waals surface area contributed by atoms with Gasteiger partial charge in [-0.2, -0.15) is 0 Å². The molecule has 0 radical (unpaired) electrons. The van der Waals surface area contributed by atoms with Crippen LogP contribution in [0.2, 0.25) is 31.2 Å². The minimum atomic E-state index is -1.85. The van der Waals surface area contributed by atoms with Gasteiger partial charge in [-0.15, -0.1) is 0 Å². The van der Waals surface area contributed by atoms with E-state index in [-0.39, 0.29) is 10.5 Å². The van der Waals surface area contributed by atoms with Gasteiger partial charge in [0.2, 0.25) is 9.04 Å². The fourth-order valence-electron chi connectivity index (χ4n) is 8.55. The summed E-state index contributed by atoms with van der Waals surface area (Å²) < 4.78 is 13.8. The van der Waals surface area contributed by atoms with Gasteiger partial charge in [0.05, 0.1) is 6.61 Å². The van der Waals surface area contributed by atoms with Crippen molar-refractivity contribution in [3.63, 3.8) is 0 Å². The van der Waals surface area contributed by atoms with E-state index in [1.54, 1.807) is 11.1 Å². The van der Waals surface area contributed by atoms with Crippen LogP contribution in [0.25, 0.3) is 5.57 Å². The summed E-state index contributed by atoms with van der Waals surface area (Å²) in [6.45, 7) is 24.3. The monoisotopic (exact) mass is 616 g/mol. The molecule has 43 heavy (non-hydrogen) atoms. The lowest BCUT2D eigenvalue weighted by Crippen LogP contribution is -2.49. The Morgan fingerprint density at radius 1 is 0.884 bits per heavy atom. The molecule has 4 aliphatic carbocycles. The Morgan fingerprint density at radius 2 is 1.47 bits per heavy atom. The molecule has 6 rings (SSSR count). The van der Waals surface area contributed by atoms with E-state index < -0.39 is 17.4 Å². The maximum Gasteiger partial charge on any atom is 0.229 e. The van der Waals surface area contributed by atoms with Crippen LogP contribution in [0, 0.1) is 17.8 Å². The Labute approximate surface area is 266 Å². The van der Waals surface area contributed by atoms with Gasteiger partial charge < -0.3 is 8.85 Å². The van der Waals surface area contributed by atoms with Crippen LogP contribution in [0.15, 0.2) is 48.5 Å². The largest absolute Gasteiger partial charge is 0.547 e. The van der Waals surface area contributed by atoms with Gasteiger partial charge in [0.1, 0.15) is 5.75 Å². The number of hydrogen-bond acceptors (Lipinski definition) is 2. The Morgan fingerprint density at radius 3 is 1.98 bits per heavy atom. The van der Waals surface area contributed by atoms with E-state index in [1.165, 1.54) is 61.0 Å². The van der Waals surface area contributed by atoms with Gasteiger partial charge in [-0.3, -0.25) is 0 Å². The lowest BCUT2D eigenvalue weighted by molar-refractivity contribution is -0.00662. The van der Waals surface area contributed by atoms with Crippen molar-refractivity contribution in [3.8, 4) is 5.75 Å². The van der Waals surface area contributed by atoms with Crippen molar-refractivity contribution in [1.29, 1.82) is 0 Å². The number of allylic oxidation sites excluding steroid dienone is 1. The molecule has 0 unspecified atom stereocenters. The van der Waals surface area contributed by atoms with Crippen LogP contribution in [0.1, 0.15) is 109 Å². The van der Waals surface area contributed by atoms with Crippen molar-refractivity contribution >= 4 is 22.9 Å². The van der Waals surface area contributed by atoms with E-state index in [0.717, 1.165) is 30.6 Å². The third-order valence-corrected chi connectivity index (χ3v) is 16.5. The first-order valence-corrected chi connectivity index (χ1v) is 23.0. The van der Waals surface area contributed by atoms with E-state index in [2.05, 4.69) is 116 Å². The maximum atomic E-state index is 7.07. The summed E-state index contributed by atoms with van der Waals surface area (Å²) in [5.74, 6) is 4.06. The average Bonchev–Trinajstić information content (AvgIpc) is 2.89. The van der Waals surface area contributed by atoms with Crippen molar-refractivity contribution < 1.29 is 8.85 Å². The minimum absolute atomic E-state index is 0.106. The standard InChI is InChI=1S/C39H60O2Si2/c1-37(2,3)34-20-19-32(17-14-18-33(31-15-12-11-13-16-31)27-40-43(9,10)38(4,5)6)36(41-42(7)8)35(34)39-24-28-21-29(25-39)23-30(22-28)26-39/h11-13,15-16,18-20,28-30,42H,14,17,21-27H2,1-10H3/b33-18-. The highest BCUT2D eigenvalue weighted by Crippen LogP contribution is 2.63. The number of hydrogen-bond donors (Lipinski definition) is 0. The van der Waals surface area contributed by atoms with Crippen LogP contribution in [-0.2, 0) is 21.7 Å². The van der Waals surface area contributed by atoms with E-state index in [9.17, 15) is 0 Å². The lowest BCUT2D eigenvalue weighted by atomic mass is 9.47. The first-order chi connectivity index (χ1) is 20.1. The number of benzene rings is 2. The van der Waals surface area contributed by atoms with Gasteiger partial charge in [0.15, 0.2) is 8.32 Å². The molecule has 2 aromatic rings. The molecule has 0 atom stereocenters. The molecule has 4 bridgehead atoms. The Hall–Kier alpha value is -1.63. The summed E-state index contributed by atoms with van der Waals surface area (Å²) >= 11 is 0. The molecule has 0 aromatic heterocycles. The van der Waals surface area contributed by atoms with Crippen LogP contribution in [0.5, 0.6) is 5.75 Å². The molecule has 0 N–H and O–H groups in total. The van der Waals surface area contributed by atoms with Gasteiger partial charge in [-0.05, 0) is 128 Å². The molecule has 0 spiro atoms. The summed E-state index contributed by atoms with van der Waals surface area (Å²) in [5.41, 5.74) is 7.62. The van der Waals surface area contributed by atoms with E-state index in [0.29, 0.717) is 12.0 Å². The highest BCUT2D eigenvalue weighted by Gasteiger charge is 2.54. The topological polar surface area (TPSA) is 18.5 Å². The molecule has 0 heterocycles. The smallest absolute Gasteiger partial charge is 0.229 e. The predicted octanol–water partition coefficient (Wildman–Crippen LogP) is 10.9. The molecule has 4 saturated carbocycles. The van der Waals surface area contributed by atoms with Crippen LogP contribution in [0.3, 0.4) is 0 Å². The zero-order valence-electron chi connectivity index (χ0n) is 29.1. The second kappa shape index (κ2) is 12.3. The van der Waals surface area contributed by atoms with Crippen molar-refractivity contribution in [2.24, 2.45) is 17.8 Å². The van der Waals surface area contributed by atoms with Crippen molar-refractivity contribution in [1.82, 2.24) is 0 Å². The Balaban J connectivity index is 1.50. The second-order valence-corrected chi connectivity index (χ2v) is 24.4. The highest BCUT2D eigenvalue weighted by atomic mass is 28.4. The van der Waals surface area contributed by atoms with Gasteiger partial charge in [-0.1, -0.05) is 90.1 Å². The molecule has 2 aromatic carbocycles. The summed E-state index contributed by atoms with van der Waals surface area (Å²) in [5, 5.41) is 0.199. The molecule has 4 heteroatoms. The lowest BCUT2D eigenvalue weighted by Gasteiger charge is -2.58. The summed E-state index contributed by atoms with van der Waals surface area (Å²) in [4.78, 5) is 0. The van der Waals surface area contributed by atoms with Crippen molar-refractivity contribution in [2.45, 2.75) is 135 Å². The maximum absolute atomic E-state index is 7.07. The van der Waals surface area contributed by atoms with Gasteiger partial charge in [0.25, 0.3) is 0 Å². The average molecular weight is 617 g/mol.